The first-order chi connectivity index (χ1) is 21.6. The average Bonchev–Trinajstić information content (AvgIpc) is 3.69. The van der Waals surface area contributed by atoms with Crippen molar-refractivity contribution in [2.45, 2.75) is 56.3 Å². The Labute approximate surface area is 257 Å². The molecule has 45 heavy (non-hydrogen) atoms. The van der Waals surface area contributed by atoms with Crippen molar-refractivity contribution in [3.63, 3.8) is 0 Å². The van der Waals surface area contributed by atoms with Crippen LogP contribution in [0.3, 0.4) is 0 Å². The third-order valence-corrected chi connectivity index (χ3v) is 7.24. The van der Waals surface area contributed by atoms with E-state index in [-0.39, 0.29) is 25.7 Å². The van der Waals surface area contributed by atoms with E-state index in [9.17, 15) is 34.2 Å². The van der Waals surface area contributed by atoms with Gasteiger partial charge in [-0.05, 0) is 30.0 Å². The Balaban J connectivity index is 1.48. The predicted molar refractivity (Wildman–Crippen MR) is 163 cm³/mol. The van der Waals surface area contributed by atoms with Crippen molar-refractivity contribution in [3.05, 3.63) is 90.1 Å². The van der Waals surface area contributed by atoms with E-state index in [1.807, 2.05) is 24.3 Å². The second-order valence-electron chi connectivity index (χ2n) is 10.6. The molecule has 14 heteroatoms. The summed E-state index contributed by atoms with van der Waals surface area (Å²) in [5, 5.41) is 27.5. The first kappa shape index (κ1) is 32.4. The molecule has 0 aliphatic rings. The fraction of sp³-hybridized carbons (Fsp3) is 0.290. The van der Waals surface area contributed by atoms with E-state index < -0.39 is 60.2 Å². The van der Waals surface area contributed by atoms with Crippen LogP contribution in [0, 0.1) is 0 Å². The Morgan fingerprint density at radius 2 is 1.44 bits per heavy atom. The number of para-hydroxylation sites is 1. The molecule has 0 spiro atoms. The Morgan fingerprint density at radius 1 is 0.778 bits per heavy atom. The highest BCUT2D eigenvalue weighted by molar-refractivity contribution is 5.94. The highest BCUT2D eigenvalue weighted by atomic mass is 16.4. The minimum atomic E-state index is -1.35. The molecule has 4 unspecified atom stereocenters. The van der Waals surface area contributed by atoms with Crippen LogP contribution in [0.2, 0.25) is 0 Å². The summed E-state index contributed by atoms with van der Waals surface area (Å²) in [6, 6.07) is 11.2. The predicted octanol–water partition coefficient (Wildman–Crippen LogP) is 0.650. The van der Waals surface area contributed by atoms with Gasteiger partial charge in [-0.1, -0.05) is 48.5 Å². The summed E-state index contributed by atoms with van der Waals surface area (Å²) in [7, 11) is 0. The van der Waals surface area contributed by atoms with Crippen molar-refractivity contribution in [1.82, 2.24) is 30.9 Å². The molecule has 14 nitrogen and oxygen atoms in total. The number of aromatic nitrogens is 3. The first-order valence-corrected chi connectivity index (χ1v) is 14.3. The smallest absolute Gasteiger partial charge is 0.326 e. The van der Waals surface area contributed by atoms with Crippen LogP contribution in [0.5, 0.6) is 0 Å². The number of carboxylic acid groups (broad SMARTS) is 2. The summed E-state index contributed by atoms with van der Waals surface area (Å²) in [5.74, 6) is -4.77. The normalized spacial score (nSPS) is 13.7. The summed E-state index contributed by atoms with van der Waals surface area (Å²) in [6.07, 6.45) is 3.89. The Hall–Kier alpha value is -5.50. The Bertz CT molecular complexity index is 1620. The molecule has 3 amide bonds. The number of benzene rings is 2. The summed E-state index contributed by atoms with van der Waals surface area (Å²) in [6.45, 7) is 0. The molecule has 2 aromatic heterocycles. The van der Waals surface area contributed by atoms with Crippen molar-refractivity contribution >= 4 is 40.6 Å². The maximum atomic E-state index is 13.5. The minimum Gasteiger partial charge on any atom is -0.481 e. The average molecular weight is 618 g/mol. The molecule has 0 bridgehead atoms. The van der Waals surface area contributed by atoms with E-state index in [2.05, 4.69) is 30.9 Å². The number of nitrogens with one attached hydrogen (secondary N) is 5. The maximum absolute atomic E-state index is 13.5. The van der Waals surface area contributed by atoms with Gasteiger partial charge in [0.15, 0.2) is 0 Å². The minimum absolute atomic E-state index is 0.00174. The molecule has 0 radical (unpaired) electrons. The second kappa shape index (κ2) is 15.3. The molecule has 0 aliphatic heterocycles. The molecule has 2 aromatic carbocycles. The quantitative estimate of drug-likeness (QED) is 0.0880. The molecule has 236 valence electrons. The summed E-state index contributed by atoms with van der Waals surface area (Å²) < 4.78 is 0. The molecule has 4 rings (SSSR count). The number of hydrogen-bond acceptors (Lipinski definition) is 7. The second-order valence-corrected chi connectivity index (χ2v) is 10.6. The molecular formula is C31H35N7O7. The number of carbonyl (C=O) groups is 5. The van der Waals surface area contributed by atoms with Crippen LogP contribution in [0.4, 0.5) is 0 Å². The van der Waals surface area contributed by atoms with Crippen molar-refractivity contribution in [2.24, 2.45) is 5.73 Å². The van der Waals surface area contributed by atoms with E-state index in [0.29, 0.717) is 11.3 Å². The third kappa shape index (κ3) is 9.24. The van der Waals surface area contributed by atoms with E-state index in [0.717, 1.165) is 16.5 Å². The summed E-state index contributed by atoms with van der Waals surface area (Å²) in [5.41, 5.74) is 9.00. The number of rotatable bonds is 16. The van der Waals surface area contributed by atoms with Gasteiger partial charge in [0, 0.05) is 48.3 Å². The first-order valence-electron chi connectivity index (χ1n) is 14.3. The number of aromatic amines is 2. The molecule has 0 saturated carbocycles. The largest absolute Gasteiger partial charge is 0.481 e. The number of hydrogen-bond donors (Lipinski definition) is 8. The van der Waals surface area contributed by atoms with Crippen LogP contribution < -0.4 is 21.7 Å². The van der Waals surface area contributed by atoms with E-state index >= 15 is 0 Å². The topological polar surface area (TPSA) is 232 Å². The van der Waals surface area contributed by atoms with E-state index in [1.54, 1.807) is 36.5 Å². The van der Waals surface area contributed by atoms with Gasteiger partial charge in [-0.25, -0.2) is 9.78 Å². The lowest BCUT2D eigenvalue weighted by Gasteiger charge is -2.25. The number of nitrogens with zero attached hydrogens (tertiary/aromatic N) is 1. The molecule has 0 aliphatic carbocycles. The van der Waals surface area contributed by atoms with Crippen LogP contribution >= 0.6 is 0 Å². The van der Waals surface area contributed by atoms with Gasteiger partial charge in [0.2, 0.25) is 17.7 Å². The fourth-order valence-electron chi connectivity index (χ4n) is 4.87. The zero-order valence-corrected chi connectivity index (χ0v) is 24.2. The molecular weight excluding hydrogens is 582 g/mol. The maximum Gasteiger partial charge on any atom is 0.326 e. The van der Waals surface area contributed by atoms with Gasteiger partial charge >= 0.3 is 11.9 Å². The molecule has 2 heterocycles. The van der Waals surface area contributed by atoms with Crippen molar-refractivity contribution < 1.29 is 34.2 Å². The van der Waals surface area contributed by atoms with Crippen LogP contribution in [0.15, 0.2) is 73.3 Å². The van der Waals surface area contributed by atoms with Crippen LogP contribution in [0.1, 0.15) is 29.7 Å². The highest BCUT2D eigenvalue weighted by Crippen LogP contribution is 2.19. The van der Waals surface area contributed by atoms with Crippen molar-refractivity contribution in [3.8, 4) is 0 Å². The molecule has 4 aromatic rings. The number of carboxylic acids is 2. The van der Waals surface area contributed by atoms with Gasteiger partial charge < -0.3 is 41.9 Å². The van der Waals surface area contributed by atoms with Crippen molar-refractivity contribution in [1.29, 1.82) is 0 Å². The number of fused-ring (bicyclic) bond motifs is 1. The molecule has 0 fully saturated rings. The van der Waals surface area contributed by atoms with Crippen LogP contribution in [0.25, 0.3) is 10.9 Å². The standard InChI is InChI=1S/C31H35N7O7/c32-22(13-19-15-34-23-9-5-4-8-21(19)23)28(41)36-24(10-11-27(39)40)29(42)37-25(14-20-16-33-17-35-20)30(43)38-26(31(44)45)12-18-6-2-1-3-7-18/h1-9,15-17,22,24-26,34H,10-14,32H2,(H,33,35)(H,36,41)(H,37,42)(H,38,43)(H,39,40)(H,44,45). The number of imidazole rings is 1. The number of H-pyrrole nitrogens is 2. The molecule has 9 N–H and O–H groups in total. The number of aliphatic carboxylic acids is 2. The van der Waals surface area contributed by atoms with Gasteiger partial charge in [0.25, 0.3) is 0 Å². The lowest BCUT2D eigenvalue weighted by Crippen LogP contribution is -2.58. The van der Waals surface area contributed by atoms with Gasteiger partial charge in [0.1, 0.15) is 18.1 Å². The molecule has 0 saturated heterocycles. The van der Waals surface area contributed by atoms with Gasteiger partial charge in [-0.3, -0.25) is 19.2 Å². The Morgan fingerprint density at radius 3 is 2.13 bits per heavy atom. The van der Waals surface area contributed by atoms with E-state index in [1.165, 1.54) is 12.5 Å². The monoisotopic (exact) mass is 617 g/mol. The fourth-order valence-corrected chi connectivity index (χ4v) is 4.87. The Kier molecular flexibility index (Phi) is 11.0. The van der Waals surface area contributed by atoms with Gasteiger partial charge in [-0.15, -0.1) is 0 Å². The number of carbonyl (C=O) groups excluding carboxylic acids is 3. The lowest BCUT2D eigenvalue weighted by atomic mass is 10.0. The van der Waals surface area contributed by atoms with Gasteiger partial charge in [-0.2, -0.15) is 0 Å². The summed E-state index contributed by atoms with van der Waals surface area (Å²) in [4.78, 5) is 73.2. The number of amides is 3. The van der Waals surface area contributed by atoms with Crippen LogP contribution in [-0.2, 0) is 43.2 Å². The van der Waals surface area contributed by atoms with Crippen LogP contribution in [-0.4, -0.2) is 79.0 Å². The zero-order chi connectivity index (χ0) is 32.3. The van der Waals surface area contributed by atoms with Crippen molar-refractivity contribution in [2.75, 3.05) is 0 Å². The zero-order valence-electron chi connectivity index (χ0n) is 24.2. The van der Waals surface area contributed by atoms with Gasteiger partial charge in [0.05, 0.1) is 12.4 Å². The van der Waals surface area contributed by atoms with E-state index in [4.69, 9.17) is 5.73 Å². The lowest BCUT2D eigenvalue weighted by molar-refractivity contribution is -0.142. The highest BCUT2D eigenvalue weighted by Gasteiger charge is 2.31. The molecule has 4 atom stereocenters. The third-order valence-electron chi connectivity index (χ3n) is 7.24. The SMILES string of the molecule is NC(Cc1c[nH]c2ccccc12)C(=O)NC(CCC(=O)O)C(=O)NC(Cc1cnc[nH]1)C(=O)NC(Cc1ccccc1)C(=O)O. The number of nitrogens with two attached hydrogens (primary N) is 1. The summed E-state index contributed by atoms with van der Waals surface area (Å²) >= 11 is 0.